The number of nitrogens with one attached hydrogen (secondary N) is 1. The zero-order chi connectivity index (χ0) is 25.7. The van der Waals surface area contributed by atoms with Crippen LogP contribution < -0.4 is 16.0 Å². The summed E-state index contributed by atoms with van der Waals surface area (Å²) in [6.45, 7) is 0.182. The van der Waals surface area contributed by atoms with E-state index in [0.717, 1.165) is 5.56 Å². The molecule has 0 bridgehead atoms. The van der Waals surface area contributed by atoms with Crippen molar-refractivity contribution >= 4 is 48.3 Å². The minimum atomic E-state index is -0.829. The average molecular weight is 563 g/mol. The lowest BCUT2D eigenvalue weighted by Crippen LogP contribution is -2.53. The van der Waals surface area contributed by atoms with Crippen LogP contribution in [0.5, 0.6) is 0 Å². The highest BCUT2D eigenvalue weighted by Crippen LogP contribution is 2.28. The monoisotopic (exact) mass is 562 g/mol. The highest BCUT2D eigenvalue weighted by Gasteiger charge is 2.34. The number of ether oxygens (including phenoxy) is 1. The van der Waals surface area contributed by atoms with Gasteiger partial charge in [-0.2, -0.15) is 0 Å². The van der Waals surface area contributed by atoms with Gasteiger partial charge in [-0.1, -0.05) is 30.3 Å². The van der Waals surface area contributed by atoms with E-state index >= 15 is 0 Å². The Hall–Kier alpha value is -3.53. The van der Waals surface area contributed by atoms with Gasteiger partial charge in [0, 0.05) is 25.1 Å². The first-order chi connectivity index (χ1) is 17.4. The molecule has 0 spiro atoms. The number of halogens is 3. The maximum atomic E-state index is 13.9. The van der Waals surface area contributed by atoms with E-state index in [0.29, 0.717) is 22.5 Å². The molecule has 38 heavy (non-hydrogen) atoms. The first-order valence-electron chi connectivity index (χ1n) is 11.6. The lowest BCUT2D eigenvalue weighted by molar-refractivity contribution is -0.128. The van der Waals surface area contributed by atoms with E-state index in [-0.39, 0.29) is 62.3 Å². The van der Waals surface area contributed by atoms with Crippen molar-refractivity contribution in [3.8, 4) is 0 Å². The number of nitrogens with zero attached hydrogens (tertiary/aromatic N) is 2. The third-order valence-electron chi connectivity index (χ3n) is 6.03. The second-order valence-electron chi connectivity index (χ2n) is 8.67. The molecule has 3 N–H and O–H groups in total. The van der Waals surface area contributed by atoms with Crippen LogP contribution >= 0.6 is 24.8 Å². The molecule has 4 rings (SSSR count). The highest BCUT2D eigenvalue weighted by molar-refractivity contribution is 6.01. The van der Waals surface area contributed by atoms with Crippen molar-refractivity contribution in [1.82, 2.24) is 10.3 Å². The van der Waals surface area contributed by atoms with Gasteiger partial charge in [0.1, 0.15) is 11.9 Å². The van der Waals surface area contributed by atoms with Gasteiger partial charge < -0.3 is 20.7 Å². The normalized spacial score (nSPS) is 14.9. The standard InChI is InChI=1S/C27H27FN4O4.2ClH/c1-36-27(35)19-8-4-6-17(12-19)16-32-24-10-5-11-30-22(24)15-23(26(32)34)31-25(33)14-20(29)13-18-7-2-3-9-21(18)28;;/h2-12,20,23H,13-16,29H2,1H3,(H,31,33);2*1H/t20-,23?;;/m1../s1. The van der Waals surface area contributed by atoms with Crippen LogP contribution in [0.4, 0.5) is 10.1 Å². The molecule has 2 heterocycles. The van der Waals surface area contributed by atoms with Crippen molar-refractivity contribution in [2.45, 2.75) is 37.9 Å². The Morgan fingerprint density at radius 2 is 1.92 bits per heavy atom. The van der Waals surface area contributed by atoms with Gasteiger partial charge >= 0.3 is 5.97 Å². The van der Waals surface area contributed by atoms with Gasteiger partial charge in [-0.3, -0.25) is 14.6 Å². The zero-order valence-corrected chi connectivity index (χ0v) is 22.3. The van der Waals surface area contributed by atoms with Crippen LogP contribution in [0.25, 0.3) is 0 Å². The maximum Gasteiger partial charge on any atom is 0.337 e. The number of hydrogen-bond donors (Lipinski definition) is 2. The second kappa shape index (κ2) is 13.9. The van der Waals surface area contributed by atoms with Crippen molar-refractivity contribution in [1.29, 1.82) is 0 Å². The van der Waals surface area contributed by atoms with Crippen LogP contribution in [-0.4, -0.2) is 42.0 Å². The third kappa shape index (κ3) is 7.28. The first kappa shape index (κ1) is 30.7. The van der Waals surface area contributed by atoms with Crippen molar-refractivity contribution in [3.63, 3.8) is 0 Å². The molecular formula is C27H29Cl2FN4O4. The van der Waals surface area contributed by atoms with Gasteiger partial charge in [0.2, 0.25) is 11.8 Å². The van der Waals surface area contributed by atoms with E-state index in [1.54, 1.807) is 65.7 Å². The van der Waals surface area contributed by atoms with Gasteiger partial charge in [0.05, 0.1) is 30.6 Å². The molecule has 0 fully saturated rings. The SMILES string of the molecule is COC(=O)c1cccc(CN2C(=O)C(NC(=O)C[C@H](N)Cc3ccccc3F)Cc3ncccc32)c1.Cl.Cl. The van der Waals surface area contributed by atoms with Crippen LogP contribution in [0.15, 0.2) is 66.9 Å². The Balaban J connectivity index is 0.00000253. The van der Waals surface area contributed by atoms with Crippen LogP contribution in [-0.2, 0) is 33.7 Å². The summed E-state index contributed by atoms with van der Waals surface area (Å²) in [5, 5.41) is 2.78. The van der Waals surface area contributed by atoms with Crippen molar-refractivity contribution in [2.24, 2.45) is 5.73 Å². The summed E-state index contributed by atoms with van der Waals surface area (Å²) in [6.07, 6.45) is 2.01. The Bertz CT molecular complexity index is 1290. The molecule has 1 unspecified atom stereocenters. The molecule has 3 aromatic rings. The number of benzene rings is 2. The summed E-state index contributed by atoms with van der Waals surface area (Å²) >= 11 is 0. The predicted octanol–water partition coefficient (Wildman–Crippen LogP) is 3.39. The highest BCUT2D eigenvalue weighted by atomic mass is 35.5. The average Bonchev–Trinajstić information content (AvgIpc) is 2.87. The molecular weight excluding hydrogens is 534 g/mol. The van der Waals surface area contributed by atoms with E-state index in [1.807, 2.05) is 0 Å². The first-order valence-corrected chi connectivity index (χ1v) is 11.6. The van der Waals surface area contributed by atoms with Crippen LogP contribution in [0.1, 0.15) is 33.6 Å². The second-order valence-corrected chi connectivity index (χ2v) is 8.67. The molecule has 2 atom stereocenters. The molecule has 1 aromatic heterocycles. The summed E-state index contributed by atoms with van der Waals surface area (Å²) in [5.74, 6) is -1.54. The topological polar surface area (TPSA) is 115 Å². The number of hydrogen-bond acceptors (Lipinski definition) is 6. The number of aromatic nitrogens is 1. The van der Waals surface area contributed by atoms with Crippen molar-refractivity contribution in [3.05, 3.63) is 95.1 Å². The Morgan fingerprint density at radius 1 is 1.16 bits per heavy atom. The lowest BCUT2D eigenvalue weighted by atomic mass is 9.99. The fourth-order valence-corrected chi connectivity index (χ4v) is 4.30. The third-order valence-corrected chi connectivity index (χ3v) is 6.03. The fraction of sp³-hybridized carbons (Fsp3) is 0.259. The van der Waals surface area contributed by atoms with E-state index in [2.05, 4.69) is 10.3 Å². The van der Waals surface area contributed by atoms with Crippen LogP contribution in [0.2, 0.25) is 0 Å². The molecule has 11 heteroatoms. The Labute approximate surface area is 232 Å². The molecule has 0 aliphatic carbocycles. The number of anilines is 1. The summed E-state index contributed by atoms with van der Waals surface area (Å²) < 4.78 is 18.7. The number of pyridine rings is 1. The summed E-state index contributed by atoms with van der Waals surface area (Å²) in [4.78, 5) is 44.1. The predicted molar refractivity (Wildman–Crippen MR) is 146 cm³/mol. The van der Waals surface area contributed by atoms with Gasteiger partial charge in [-0.25, -0.2) is 9.18 Å². The number of fused-ring (bicyclic) bond motifs is 1. The molecule has 0 saturated carbocycles. The zero-order valence-electron chi connectivity index (χ0n) is 20.6. The molecule has 2 aromatic carbocycles. The number of nitrogens with two attached hydrogens (primary N) is 1. The van der Waals surface area contributed by atoms with Crippen LogP contribution in [0, 0.1) is 5.82 Å². The fourth-order valence-electron chi connectivity index (χ4n) is 4.30. The minimum absolute atomic E-state index is 0. The van der Waals surface area contributed by atoms with E-state index in [9.17, 15) is 18.8 Å². The van der Waals surface area contributed by atoms with E-state index < -0.39 is 24.0 Å². The lowest BCUT2D eigenvalue weighted by Gasteiger charge is -2.34. The molecule has 0 radical (unpaired) electrons. The van der Waals surface area contributed by atoms with Crippen molar-refractivity contribution < 1.29 is 23.5 Å². The largest absolute Gasteiger partial charge is 0.465 e. The van der Waals surface area contributed by atoms with Gasteiger partial charge in [-0.05, 0) is 47.9 Å². The number of methoxy groups -OCH3 is 1. The molecule has 1 aliphatic heterocycles. The molecule has 202 valence electrons. The number of carbonyl (C=O) groups excluding carboxylic acids is 3. The molecule has 1 aliphatic rings. The molecule has 0 saturated heterocycles. The summed E-state index contributed by atoms with van der Waals surface area (Å²) in [5.41, 5.74) is 8.95. The Morgan fingerprint density at radius 3 is 2.66 bits per heavy atom. The summed E-state index contributed by atoms with van der Waals surface area (Å²) in [6, 6.07) is 15.2. The minimum Gasteiger partial charge on any atom is -0.465 e. The number of esters is 1. The number of amides is 2. The van der Waals surface area contributed by atoms with E-state index in [1.165, 1.54) is 13.2 Å². The van der Waals surface area contributed by atoms with Crippen LogP contribution in [0.3, 0.4) is 0 Å². The summed E-state index contributed by atoms with van der Waals surface area (Å²) in [7, 11) is 1.31. The van der Waals surface area contributed by atoms with Crippen molar-refractivity contribution in [2.75, 3.05) is 12.0 Å². The van der Waals surface area contributed by atoms with Gasteiger partial charge in [0.15, 0.2) is 0 Å². The smallest absolute Gasteiger partial charge is 0.337 e. The quantitative estimate of drug-likeness (QED) is 0.407. The molecule has 2 amide bonds. The van der Waals surface area contributed by atoms with Gasteiger partial charge in [0.25, 0.3) is 0 Å². The maximum absolute atomic E-state index is 13.9. The molecule has 8 nitrogen and oxygen atoms in total. The number of rotatable bonds is 8. The van der Waals surface area contributed by atoms with Gasteiger partial charge in [-0.15, -0.1) is 24.8 Å². The number of carbonyl (C=O) groups is 3. The van der Waals surface area contributed by atoms with E-state index in [4.69, 9.17) is 10.5 Å². The Kier molecular flexibility index (Phi) is 11.2.